The molecule has 4 aromatic rings. The number of halogens is 5. The van der Waals surface area contributed by atoms with E-state index in [2.05, 4.69) is 25.7 Å². The zero-order valence-corrected chi connectivity index (χ0v) is 43.7. The van der Waals surface area contributed by atoms with Gasteiger partial charge in [-0.2, -0.15) is 8.78 Å². The summed E-state index contributed by atoms with van der Waals surface area (Å²) in [4.78, 5) is 50.0. The number of aromatic nitrogens is 3. The van der Waals surface area contributed by atoms with E-state index in [1.165, 1.54) is 16.8 Å². The molecule has 1 aromatic heterocycles. The summed E-state index contributed by atoms with van der Waals surface area (Å²) in [5.74, 6) is -19.7. The van der Waals surface area contributed by atoms with Crippen molar-refractivity contribution in [1.82, 2.24) is 25.6 Å². The number of aliphatic hydroxyl groups is 6. The first-order valence-electron chi connectivity index (χ1n) is 25.4. The zero-order chi connectivity index (χ0) is 59.5. The highest BCUT2D eigenvalue weighted by Gasteiger charge is 2.57. The first-order valence-corrected chi connectivity index (χ1v) is 25.4. The van der Waals surface area contributed by atoms with Gasteiger partial charge in [0.15, 0.2) is 6.29 Å². The van der Waals surface area contributed by atoms with Crippen molar-refractivity contribution < 1.29 is 124 Å². The molecule has 0 saturated carbocycles. The fourth-order valence-electron chi connectivity index (χ4n) is 8.08. The second-order valence-corrected chi connectivity index (χ2v) is 18.3. The van der Waals surface area contributed by atoms with E-state index in [4.69, 9.17) is 42.6 Å². The minimum atomic E-state index is -2.85. The number of carboxylic acid groups (broad SMARTS) is 1. The minimum Gasteiger partial charge on any atom is -0.477 e. The minimum absolute atomic E-state index is 0.00337. The van der Waals surface area contributed by atoms with Gasteiger partial charge in [-0.3, -0.25) is 14.4 Å². The molecule has 0 spiro atoms. The standard InChI is InChI=1S/C51H62F5N5O21/c1-27(62)58-41-32(63)23-51(50(71)72,82-47(41)42(66)33(64)24-57-48(70)28-6-5-9-31(22-28)79-30-7-3-2-4-8-30)78-26-34-43(67)44(68)45(69)49(80-34)77-14-10-29-25-61(60-59-29)12-15-74-17-19-76-21-20-75-18-16-73-13-11-35(65)81-46-39(55)37(53)36(52)38(54)40(46)56/h2-9,22,25,32-34,41-45,47,49,63-64,66-69H,10-21,23-24,26H2,1H3,(H,57,70)(H,58,62)(H,71,72)/t32-,33+,34+,41+,42+,43-,44-,45+,47+,49+,51-/m0/s1. The van der Waals surface area contributed by atoms with Crippen LogP contribution in [0.25, 0.3) is 0 Å². The fourth-order valence-corrected chi connectivity index (χ4v) is 8.08. The second-order valence-electron chi connectivity index (χ2n) is 18.3. The maximum Gasteiger partial charge on any atom is 0.364 e. The van der Waals surface area contributed by atoms with E-state index >= 15 is 0 Å². The van der Waals surface area contributed by atoms with Gasteiger partial charge < -0.3 is 93.7 Å². The maximum absolute atomic E-state index is 13.7. The molecule has 82 heavy (non-hydrogen) atoms. The molecule has 0 aliphatic carbocycles. The van der Waals surface area contributed by atoms with Crippen LogP contribution in [0.5, 0.6) is 17.2 Å². The Morgan fingerprint density at radius 1 is 0.780 bits per heavy atom. The van der Waals surface area contributed by atoms with Gasteiger partial charge in [-0.1, -0.05) is 29.5 Å². The summed E-state index contributed by atoms with van der Waals surface area (Å²) in [6.07, 6.45) is -16.3. The van der Waals surface area contributed by atoms with E-state index in [-0.39, 0.29) is 78.0 Å². The second kappa shape index (κ2) is 31.3. The van der Waals surface area contributed by atoms with Crippen molar-refractivity contribution in [3.05, 3.63) is 101 Å². The molecular weight excluding hydrogens is 1110 g/mol. The van der Waals surface area contributed by atoms with Crippen molar-refractivity contribution in [2.75, 3.05) is 72.6 Å². The number of carboxylic acids is 1. The number of aliphatic carboxylic acids is 1. The molecule has 2 amide bonds. The molecule has 2 aliphatic heterocycles. The molecular formula is C51H62F5N5O21. The van der Waals surface area contributed by atoms with E-state index in [1.807, 2.05) is 0 Å². The molecule has 11 atom stereocenters. The molecule has 3 aromatic carbocycles. The number of hydrogen-bond donors (Lipinski definition) is 9. The van der Waals surface area contributed by atoms with Crippen molar-refractivity contribution in [2.24, 2.45) is 0 Å². The quantitative estimate of drug-likeness (QED) is 0.00763. The van der Waals surface area contributed by atoms with Crippen LogP contribution < -0.4 is 20.1 Å². The van der Waals surface area contributed by atoms with Crippen molar-refractivity contribution in [3.63, 3.8) is 0 Å². The van der Waals surface area contributed by atoms with Gasteiger partial charge in [0.1, 0.15) is 48.1 Å². The third kappa shape index (κ3) is 18.0. The van der Waals surface area contributed by atoms with Gasteiger partial charge in [0.2, 0.25) is 40.7 Å². The van der Waals surface area contributed by atoms with Crippen molar-refractivity contribution in [2.45, 2.75) is 99.7 Å². The lowest BCUT2D eigenvalue weighted by atomic mass is 9.88. The molecule has 9 N–H and O–H groups in total. The van der Waals surface area contributed by atoms with Gasteiger partial charge in [0.05, 0.1) is 103 Å². The number of carbonyl (C=O) groups is 4. The molecule has 2 fully saturated rings. The first kappa shape index (κ1) is 64.7. The van der Waals surface area contributed by atoms with Crippen LogP contribution >= 0.6 is 0 Å². The lowest BCUT2D eigenvalue weighted by Crippen LogP contribution is -2.68. The number of benzene rings is 3. The third-order valence-corrected chi connectivity index (χ3v) is 12.3. The van der Waals surface area contributed by atoms with Crippen LogP contribution in [0.4, 0.5) is 22.0 Å². The number of rotatable bonds is 32. The van der Waals surface area contributed by atoms with Crippen LogP contribution in [-0.2, 0) is 65.2 Å². The number of hydrogen-bond acceptors (Lipinski definition) is 22. The van der Waals surface area contributed by atoms with Crippen molar-refractivity contribution >= 4 is 23.8 Å². The molecule has 3 heterocycles. The van der Waals surface area contributed by atoms with Crippen molar-refractivity contribution in [3.8, 4) is 17.2 Å². The van der Waals surface area contributed by atoms with Gasteiger partial charge in [-0.05, 0) is 30.3 Å². The van der Waals surface area contributed by atoms with Crippen LogP contribution in [-0.4, -0.2) is 214 Å². The number of aliphatic hydroxyl groups excluding tert-OH is 6. The smallest absolute Gasteiger partial charge is 0.364 e. The Kier molecular flexibility index (Phi) is 24.7. The number of ether oxygens (including phenoxy) is 10. The Labute approximate surface area is 463 Å². The monoisotopic (exact) mass is 1180 g/mol. The summed E-state index contributed by atoms with van der Waals surface area (Å²) in [6, 6.07) is 13.3. The highest BCUT2D eigenvalue weighted by atomic mass is 19.2. The third-order valence-electron chi connectivity index (χ3n) is 12.3. The highest BCUT2D eigenvalue weighted by Crippen LogP contribution is 2.35. The highest BCUT2D eigenvalue weighted by molar-refractivity contribution is 5.94. The molecule has 2 aliphatic rings. The average molecular weight is 1180 g/mol. The Hall–Kier alpha value is -6.43. The summed E-state index contributed by atoms with van der Waals surface area (Å²) in [6.45, 7) is 0.430. The Morgan fingerprint density at radius 2 is 1.40 bits per heavy atom. The molecule has 2 saturated heterocycles. The van der Waals surface area contributed by atoms with Gasteiger partial charge in [-0.15, -0.1) is 5.10 Å². The Bertz CT molecular complexity index is 2690. The lowest BCUT2D eigenvalue weighted by Gasteiger charge is -2.47. The van der Waals surface area contributed by atoms with Crippen LogP contribution in [0.1, 0.15) is 35.8 Å². The fraction of sp³-hybridized carbons (Fsp3) is 0.529. The van der Waals surface area contributed by atoms with Gasteiger partial charge in [0.25, 0.3) is 11.7 Å². The maximum atomic E-state index is 13.7. The van der Waals surface area contributed by atoms with Crippen LogP contribution in [0.15, 0.2) is 60.8 Å². The molecule has 0 unspecified atom stereocenters. The van der Waals surface area contributed by atoms with E-state index in [1.54, 1.807) is 48.7 Å². The molecule has 452 valence electrons. The number of nitrogens with one attached hydrogen (secondary N) is 2. The van der Waals surface area contributed by atoms with Crippen LogP contribution in [0, 0.1) is 29.1 Å². The number of amides is 2. The molecule has 31 heteroatoms. The summed E-state index contributed by atoms with van der Waals surface area (Å²) < 4.78 is 123. The van der Waals surface area contributed by atoms with Crippen molar-refractivity contribution in [1.29, 1.82) is 0 Å². The average Bonchev–Trinajstić information content (AvgIpc) is 3.43. The summed E-state index contributed by atoms with van der Waals surface area (Å²) in [5.41, 5.74) is 0.553. The molecule has 6 rings (SSSR count). The summed E-state index contributed by atoms with van der Waals surface area (Å²) in [7, 11) is 0. The summed E-state index contributed by atoms with van der Waals surface area (Å²) >= 11 is 0. The number of para-hydroxylation sites is 1. The summed E-state index contributed by atoms with van der Waals surface area (Å²) in [5, 5.41) is 89.3. The van der Waals surface area contributed by atoms with Crippen LogP contribution in [0.2, 0.25) is 0 Å². The SMILES string of the molecule is CC(=O)N[C@H]1[C@H]([C@H](O)[C@H](O)CNC(=O)c2cccc(Oc3ccccc3)c2)O[C@](OC[C@H]2O[C@@H](OCCc3cn(CCOCCOCCOCCOCCC(=O)Oc4c(F)c(F)c(F)c(F)c4F)nn3)[C@H](O)[C@@H](O)[C@H]2O)(C(=O)O)C[C@@H]1O. The van der Waals surface area contributed by atoms with Gasteiger partial charge in [-0.25, -0.2) is 22.6 Å². The lowest BCUT2D eigenvalue weighted by molar-refractivity contribution is -0.338. The predicted octanol–water partition coefficient (Wildman–Crippen LogP) is -0.201. The number of esters is 1. The number of carbonyl (C=O) groups excluding carboxylic acids is 3. The largest absolute Gasteiger partial charge is 0.477 e. The number of nitrogens with zero attached hydrogens (tertiary/aromatic N) is 3. The van der Waals surface area contributed by atoms with E-state index in [0.29, 0.717) is 17.2 Å². The molecule has 0 radical (unpaired) electrons. The van der Waals surface area contributed by atoms with Gasteiger partial charge >= 0.3 is 11.9 Å². The van der Waals surface area contributed by atoms with E-state index < -0.39 is 152 Å². The zero-order valence-electron chi connectivity index (χ0n) is 43.7. The Balaban J connectivity index is 0.876. The van der Waals surface area contributed by atoms with Crippen LogP contribution in [0.3, 0.4) is 0 Å². The molecule has 26 nitrogen and oxygen atoms in total. The topological polar surface area (TPSA) is 357 Å². The predicted molar refractivity (Wildman–Crippen MR) is 263 cm³/mol. The van der Waals surface area contributed by atoms with Gasteiger partial charge in [0, 0.05) is 38.1 Å². The van der Waals surface area contributed by atoms with E-state index in [9.17, 15) is 76.9 Å². The Morgan fingerprint density at radius 3 is 2.05 bits per heavy atom. The van der Waals surface area contributed by atoms with E-state index in [0.717, 1.165) is 6.92 Å². The normalized spacial score (nSPS) is 23.4. The first-order chi connectivity index (χ1) is 39.2. The molecule has 0 bridgehead atoms.